The topological polar surface area (TPSA) is 111 Å². The van der Waals surface area contributed by atoms with E-state index in [1.165, 1.54) is 25.4 Å². The molecule has 2 N–H and O–H groups in total. The molecule has 186 valence electrons. The van der Waals surface area contributed by atoms with Gasteiger partial charge in [-0.2, -0.15) is 4.98 Å². The SMILES string of the molecule is COc1ccc(Nc2nc(=O)n(Cc3ccc[nH]c3=O)c(=O)n2Cc2cc(F)c(F)c(Cl)c2)c(Cl)c1. The number of halogens is 4. The molecule has 9 nitrogen and oxygen atoms in total. The number of aromatic amines is 1. The van der Waals surface area contributed by atoms with Gasteiger partial charge in [-0.1, -0.05) is 29.3 Å². The van der Waals surface area contributed by atoms with E-state index in [0.717, 1.165) is 21.3 Å². The van der Waals surface area contributed by atoms with Crippen molar-refractivity contribution in [1.82, 2.24) is 19.1 Å². The van der Waals surface area contributed by atoms with Gasteiger partial charge < -0.3 is 15.0 Å². The van der Waals surface area contributed by atoms with E-state index in [-0.39, 0.29) is 40.9 Å². The highest BCUT2D eigenvalue weighted by molar-refractivity contribution is 6.33. The van der Waals surface area contributed by atoms with Crippen LogP contribution in [0.5, 0.6) is 5.75 Å². The number of anilines is 2. The molecule has 0 saturated carbocycles. The lowest BCUT2D eigenvalue weighted by Gasteiger charge is -2.17. The Morgan fingerprint density at radius 2 is 1.81 bits per heavy atom. The molecule has 0 radical (unpaired) electrons. The summed E-state index contributed by atoms with van der Waals surface area (Å²) < 4.78 is 34.6. The minimum absolute atomic E-state index is 0.120. The van der Waals surface area contributed by atoms with Gasteiger partial charge in [-0.25, -0.2) is 22.9 Å². The summed E-state index contributed by atoms with van der Waals surface area (Å²) in [6.07, 6.45) is 1.41. The Hall–Kier alpha value is -3.96. The summed E-state index contributed by atoms with van der Waals surface area (Å²) in [6, 6.07) is 9.65. The van der Waals surface area contributed by atoms with Crippen LogP contribution >= 0.6 is 23.2 Å². The zero-order valence-electron chi connectivity index (χ0n) is 18.5. The summed E-state index contributed by atoms with van der Waals surface area (Å²) in [5, 5.41) is 2.54. The number of nitrogens with one attached hydrogen (secondary N) is 2. The average molecular weight is 536 g/mol. The first-order chi connectivity index (χ1) is 17.2. The molecule has 36 heavy (non-hydrogen) atoms. The maximum atomic E-state index is 14.0. The van der Waals surface area contributed by atoms with Crippen molar-refractivity contribution in [3.05, 3.63) is 113 Å². The number of benzene rings is 2. The zero-order chi connectivity index (χ0) is 26.0. The summed E-state index contributed by atoms with van der Waals surface area (Å²) in [6.45, 7) is -0.715. The molecular formula is C23H17Cl2F2N5O4. The van der Waals surface area contributed by atoms with Crippen LogP contribution in [0.15, 0.2) is 63.0 Å². The van der Waals surface area contributed by atoms with Gasteiger partial charge in [0.25, 0.3) is 5.56 Å². The fourth-order valence-electron chi connectivity index (χ4n) is 3.38. The largest absolute Gasteiger partial charge is 0.497 e. The molecule has 0 spiro atoms. The molecule has 0 aliphatic rings. The van der Waals surface area contributed by atoms with Gasteiger partial charge in [0.05, 0.1) is 35.9 Å². The number of aromatic nitrogens is 4. The van der Waals surface area contributed by atoms with E-state index in [2.05, 4.69) is 15.3 Å². The smallest absolute Gasteiger partial charge is 0.355 e. The normalized spacial score (nSPS) is 10.9. The molecule has 0 bridgehead atoms. The lowest BCUT2D eigenvalue weighted by molar-refractivity contribution is 0.415. The second kappa shape index (κ2) is 10.3. The number of hydrogen-bond acceptors (Lipinski definition) is 6. The summed E-state index contributed by atoms with van der Waals surface area (Å²) in [7, 11) is 1.46. The van der Waals surface area contributed by atoms with Crippen LogP contribution in [0.1, 0.15) is 11.1 Å². The highest BCUT2D eigenvalue weighted by atomic mass is 35.5. The van der Waals surface area contributed by atoms with Gasteiger partial charge in [-0.15, -0.1) is 0 Å². The summed E-state index contributed by atoms with van der Waals surface area (Å²) in [5.74, 6) is -2.20. The predicted octanol–water partition coefficient (Wildman–Crippen LogP) is 3.53. The Morgan fingerprint density at radius 1 is 1.03 bits per heavy atom. The number of hydrogen-bond donors (Lipinski definition) is 2. The Bertz CT molecular complexity index is 1610. The van der Waals surface area contributed by atoms with Crippen molar-refractivity contribution in [1.29, 1.82) is 0 Å². The third-order valence-electron chi connectivity index (χ3n) is 5.19. The molecular weight excluding hydrogens is 519 g/mol. The number of methoxy groups -OCH3 is 1. The summed E-state index contributed by atoms with van der Waals surface area (Å²) >= 11 is 12.0. The monoisotopic (exact) mass is 535 g/mol. The molecule has 0 unspecified atom stereocenters. The highest BCUT2D eigenvalue weighted by Gasteiger charge is 2.18. The number of H-pyrrole nitrogens is 1. The molecule has 4 aromatic rings. The molecule has 2 aromatic heterocycles. The first-order valence-electron chi connectivity index (χ1n) is 10.3. The molecule has 2 heterocycles. The molecule has 4 rings (SSSR count). The Labute approximate surface area is 211 Å². The minimum Gasteiger partial charge on any atom is -0.497 e. The third-order valence-corrected chi connectivity index (χ3v) is 5.77. The van der Waals surface area contributed by atoms with Crippen molar-refractivity contribution in [2.24, 2.45) is 0 Å². The van der Waals surface area contributed by atoms with E-state index >= 15 is 0 Å². The predicted molar refractivity (Wildman–Crippen MR) is 131 cm³/mol. The summed E-state index contributed by atoms with van der Waals surface area (Å²) in [5.41, 5.74) is -1.76. The Morgan fingerprint density at radius 3 is 2.47 bits per heavy atom. The van der Waals surface area contributed by atoms with E-state index in [0.29, 0.717) is 5.75 Å². The minimum atomic E-state index is -1.23. The maximum Gasteiger partial charge on any atom is 0.355 e. The van der Waals surface area contributed by atoms with Crippen molar-refractivity contribution in [2.45, 2.75) is 13.1 Å². The van der Waals surface area contributed by atoms with Crippen LogP contribution in [0, 0.1) is 11.6 Å². The molecule has 13 heteroatoms. The lowest BCUT2D eigenvalue weighted by Crippen LogP contribution is -2.43. The molecule has 0 amide bonds. The molecule has 2 aromatic carbocycles. The maximum absolute atomic E-state index is 14.0. The van der Waals surface area contributed by atoms with Crippen molar-refractivity contribution in [3.8, 4) is 5.75 Å². The average Bonchev–Trinajstić information content (AvgIpc) is 2.84. The van der Waals surface area contributed by atoms with Gasteiger partial charge >= 0.3 is 11.4 Å². The number of rotatable bonds is 7. The van der Waals surface area contributed by atoms with Crippen LogP contribution in [0.3, 0.4) is 0 Å². The standard InChI is InChI=1S/C23H17Cl2F2N5O4/c1-36-14-4-5-18(15(24)9-14)29-21-30-22(34)32(11-13-3-2-6-28-20(13)33)23(35)31(21)10-12-7-16(25)19(27)17(26)8-12/h2-9H,10-11H2,1H3,(H,28,33)(H,29,30,34). The Balaban J connectivity index is 1.85. The highest BCUT2D eigenvalue weighted by Crippen LogP contribution is 2.28. The van der Waals surface area contributed by atoms with Gasteiger partial charge in [-0.05, 0) is 35.9 Å². The fourth-order valence-corrected chi connectivity index (χ4v) is 3.83. The van der Waals surface area contributed by atoms with Crippen LogP contribution < -0.4 is 27.0 Å². The van der Waals surface area contributed by atoms with Crippen LogP contribution in [0.2, 0.25) is 10.0 Å². The fraction of sp³-hybridized carbons (Fsp3) is 0.130. The van der Waals surface area contributed by atoms with E-state index < -0.39 is 33.6 Å². The van der Waals surface area contributed by atoms with Crippen LogP contribution in [-0.4, -0.2) is 26.2 Å². The van der Waals surface area contributed by atoms with E-state index in [1.807, 2.05) is 0 Å². The van der Waals surface area contributed by atoms with Gasteiger partial charge in [0, 0.05) is 17.8 Å². The molecule has 0 saturated heterocycles. The van der Waals surface area contributed by atoms with Gasteiger partial charge in [0.2, 0.25) is 5.95 Å². The molecule has 0 aliphatic heterocycles. The van der Waals surface area contributed by atoms with Crippen LogP contribution in [0.25, 0.3) is 0 Å². The first kappa shape index (κ1) is 25.1. The van der Waals surface area contributed by atoms with E-state index in [4.69, 9.17) is 27.9 Å². The second-order valence-electron chi connectivity index (χ2n) is 7.54. The summed E-state index contributed by atoms with van der Waals surface area (Å²) in [4.78, 5) is 44.7. The van der Waals surface area contributed by atoms with Gasteiger partial charge in [0.15, 0.2) is 11.6 Å². The van der Waals surface area contributed by atoms with Crippen molar-refractivity contribution < 1.29 is 13.5 Å². The van der Waals surface area contributed by atoms with Crippen LogP contribution in [-0.2, 0) is 13.1 Å². The van der Waals surface area contributed by atoms with Crippen LogP contribution in [0.4, 0.5) is 20.4 Å². The lowest BCUT2D eigenvalue weighted by atomic mass is 10.2. The number of nitrogens with zero attached hydrogens (tertiary/aromatic N) is 3. The van der Waals surface area contributed by atoms with Crippen molar-refractivity contribution >= 4 is 34.8 Å². The van der Waals surface area contributed by atoms with E-state index in [1.54, 1.807) is 18.2 Å². The third kappa shape index (κ3) is 5.16. The molecule has 0 atom stereocenters. The second-order valence-corrected chi connectivity index (χ2v) is 8.36. The quantitative estimate of drug-likeness (QED) is 0.350. The number of pyridine rings is 1. The number of ether oxygens (including phenoxy) is 1. The first-order valence-corrected chi connectivity index (χ1v) is 11.1. The van der Waals surface area contributed by atoms with E-state index in [9.17, 15) is 23.2 Å². The van der Waals surface area contributed by atoms with Gasteiger partial charge in [-0.3, -0.25) is 9.36 Å². The van der Waals surface area contributed by atoms with Gasteiger partial charge in [0.1, 0.15) is 5.75 Å². The molecule has 0 fully saturated rings. The Kier molecular flexibility index (Phi) is 7.22. The van der Waals surface area contributed by atoms with Crippen molar-refractivity contribution in [3.63, 3.8) is 0 Å². The van der Waals surface area contributed by atoms with Crippen molar-refractivity contribution in [2.75, 3.05) is 12.4 Å². The molecule has 0 aliphatic carbocycles. The zero-order valence-corrected chi connectivity index (χ0v) is 20.0.